The van der Waals surface area contributed by atoms with Crippen LogP contribution in [0.1, 0.15) is 24.8 Å². The fourth-order valence-corrected chi connectivity index (χ4v) is 5.25. The van der Waals surface area contributed by atoms with Crippen molar-refractivity contribution >= 4 is 58.2 Å². The molecule has 0 saturated carbocycles. The van der Waals surface area contributed by atoms with Crippen molar-refractivity contribution in [2.45, 2.75) is 49.9 Å². The van der Waals surface area contributed by atoms with E-state index in [9.17, 15) is 48.0 Å². The third kappa shape index (κ3) is 13.2. The van der Waals surface area contributed by atoms with Crippen molar-refractivity contribution in [1.29, 1.82) is 0 Å². The zero-order valence-corrected chi connectivity index (χ0v) is 25.3. The van der Waals surface area contributed by atoms with Crippen LogP contribution in [0.25, 0.3) is 0 Å². The van der Waals surface area contributed by atoms with Crippen molar-refractivity contribution in [3.05, 3.63) is 29.8 Å². The van der Waals surface area contributed by atoms with Crippen molar-refractivity contribution in [3.8, 4) is 5.75 Å². The minimum absolute atomic E-state index is 0.0293. The summed E-state index contributed by atoms with van der Waals surface area (Å²) in [6.07, 6.45) is -0.884. The van der Waals surface area contributed by atoms with Crippen LogP contribution >= 0.6 is 0 Å². The number of primary amides is 1. The Bertz CT molecular complexity index is 1370. The molecular formula is C26H37N9O10S. The molecule has 1 aliphatic rings. The fourth-order valence-electron chi connectivity index (χ4n) is 4.14. The van der Waals surface area contributed by atoms with Gasteiger partial charge in [0.25, 0.3) is 0 Å². The topological polar surface area (TPSA) is 328 Å². The number of carboxylic acid groups (broad SMARTS) is 1. The molecule has 6 amide bonds. The number of carbonyl (C=O) groups excluding carboxylic acids is 6. The van der Waals surface area contributed by atoms with Gasteiger partial charge in [0.05, 0.1) is 18.7 Å². The van der Waals surface area contributed by atoms with Gasteiger partial charge in [0.15, 0.2) is 5.96 Å². The summed E-state index contributed by atoms with van der Waals surface area (Å²) >= 11 is 0. The summed E-state index contributed by atoms with van der Waals surface area (Å²) in [5, 5.41) is 30.4. The molecule has 1 heterocycles. The summed E-state index contributed by atoms with van der Waals surface area (Å²) in [7, 11) is -2.14. The van der Waals surface area contributed by atoms with Crippen LogP contribution in [-0.2, 0) is 50.8 Å². The van der Waals surface area contributed by atoms with E-state index in [1.54, 1.807) is 0 Å². The van der Waals surface area contributed by atoms with Gasteiger partial charge in [-0.25, -0.2) is 0 Å². The number of aliphatic imine (C=N–C) groups is 1. The largest absolute Gasteiger partial charge is 0.508 e. The normalized spacial score (nSPS) is 23.7. The molecule has 5 atom stereocenters. The van der Waals surface area contributed by atoms with Crippen molar-refractivity contribution in [2.75, 3.05) is 24.6 Å². The number of amides is 6. The molecule has 1 aromatic rings. The first-order valence-electron chi connectivity index (χ1n) is 13.8. The first-order chi connectivity index (χ1) is 21.6. The van der Waals surface area contributed by atoms with Crippen LogP contribution in [0.4, 0.5) is 0 Å². The van der Waals surface area contributed by atoms with Crippen molar-refractivity contribution in [2.24, 2.45) is 22.2 Å². The molecule has 1 unspecified atom stereocenters. The molecule has 1 aromatic carbocycles. The molecule has 0 aromatic heterocycles. The highest BCUT2D eigenvalue weighted by Gasteiger charge is 2.31. The van der Waals surface area contributed by atoms with Crippen LogP contribution in [-0.4, -0.2) is 111 Å². The van der Waals surface area contributed by atoms with Gasteiger partial charge in [0, 0.05) is 23.8 Å². The molecule has 2 rings (SSSR count). The highest BCUT2D eigenvalue weighted by molar-refractivity contribution is 7.85. The molecule has 46 heavy (non-hydrogen) atoms. The third-order valence-corrected chi connectivity index (χ3v) is 7.65. The third-order valence-electron chi connectivity index (χ3n) is 6.36. The molecule has 0 bridgehead atoms. The number of hydrogen-bond acceptors (Lipinski definition) is 10. The lowest BCUT2D eigenvalue weighted by atomic mass is 10.0. The molecule has 0 aliphatic carbocycles. The number of nitrogens with two attached hydrogens (primary N) is 3. The molecule has 1 aliphatic heterocycles. The van der Waals surface area contributed by atoms with Crippen LogP contribution in [0.5, 0.6) is 5.75 Å². The first kappa shape index (κ1) is 36.9. The van der Waals surface area contributed by atoms with E-state index < -0.39 is 101 Å². The number of nitrogens with one attached hydrogen (secondary N) is 5. The number of aromatic hydroxyl groups is 1. The van der Waals surface area contributed by atoms with Crippen LogP contribution in [0, 0.1) is 0 Å². The zero-order valence-electron chi connectivity index (χ0n) is 24.5. The Morgan fingerprint density at radius 2 is 1.50 bits per heavy atom. The number of rotatable bonds is 9. The maximum absolute atomic E-state index is 13.4. The van der Waals surface area contributed by atoms with E-state index in [2.05, 4.69) is 31.6 Å². The van der Waals surface area contributed by atoms with E-state index in [1.807, 2.05) is 0 Å². The molecule has 252 valence electrons. The first-order valence-corrected chi connectivity index (χ1v) is 15.3. The van der Waals surface area contributed by atoms with Crippen molar-refractivity contribution in [3.63, 3.8) is 0 Å². The fraction of sp³-hybridized carbons (Fsp3) is 0.462. The van der Waals surface area contributed by atoms with Gasteiger partial charge in [0.1, 0.15) is 35.7 Å². The quantitative estimate of drug-likeness (QED) is 0.0671. The molecular weight excluding hydrogens is 630 g/mol. The predicted molar refractivity (Wildman–Crippen MR) is 162 cm³/mol. The van der Waals surface area contributed by atoms with Crippen molar-refractivity contribution in [1.82, 2.24) is 26.6 Å². The van der Waals surface area contributed by atoms with Gasteiger partial charge >= 0.3 is 5.97 Å². The Hall–Kier alpha value is -5.27. The Labute approximate surface area is 264 Å². The van der Waals surface area contributed by atoms with Gasteiger partial charge in [-0.3, -0.25) is 42.8 Å². The molecule has 0 spiro atoms. The number of aliphatic carboxylic acids is 1. The van der Waals surface area contributed by atoms with E-state index in [1.165, 1.54) is 24.3 Å². The van der Waals surface area contributed by atoms with Crippen LogP contribution in [0.3, 0.4) is 0 Å². The maximum atomic E-state index is 13.4. The number of carbonyl (C=O) groups is 7. The maximum Gasteiger partial charge on any atom is 0.305 e. The molecule has 1 fully saturated rings. The number of guanidine groups is 1. The van der Waals surface area contributed by atoms with Gasteiger partial charge in [0.2, 0.25) is 35.4 Å². The lowest BCUT2D eigenvalue weighted by Gasteiger charge is -2.24. The van der Waals surface area contributed by atoms with E-state index in [4.69, 9.17) is 17.2 Å². The van der Waals surface area contributed by atoms with Crippen LogP contribution in [0.2, 0.25) is 0 Å². The van der Waals surface area contributed by atoms with Crippen molar-refractivity contribution < 1.29 is 48.0 Å². The van der Waals surface area contributed by atoms with Gasteiger partial charge in [-0.05, 0) is 30.5 Å². The molecule has 0 radical (unpaired) electrons. The molecule has 1 saturated heterocycles. The Morgan fingerprint density at radius 1 is 0.870 bits per heavy atom. The lowest BCUT2D eigenvalue weighted by Crippen LogP contribution is -2.58. The number of phenols is 1. The second kappa shape index (κ2) is 17.9. The summed E-state index contributed by atoms with van der Waals surface area (Å²) in [4.78, 5) is 92.0. The number of benzene rings is 1. The van der Waals surface area contributed by atoms with Gasteiger partial charge < -0.3 is 54.0 Å². The average Bonchev–Trinajstić information content (AvgIpc) is 2.96. The summed E-state index contributed by atoms with van der Waals surface area (Å²) in [6.45, 7) is -0.667. The monoisotopic (exact) mass is 667 g/mol. The number of carboxylic acids is 1. The number of phenolic OH excluding ortho intramolecular Hbond substituents is 1. The highest BCUT2D eigenvalue weighted by atomic mass is 32.2. The SMILES string of the molecule is NC(=O)[C@@H]1CS(=O)CC(=O)N[C@@H](Cc2ccc(O)cc2)C(=O)N[C@@H](CCCN=C(N)N)C(=O)NCC(=O)N[C@@H](CC(=O)O)C(=O)N1. The zero-order chi connectivity index (χ0) is 34.4. The van der Waals surface area contributed by atoms with Gasteiger partial charge in [-0.2, -0.15) is 0 Å². The van der Waals surface area contributed by atoms with E-state index in [0.717, 1.165) is 0 Å². The minimum Gasteiger partial charge on any atom is -0.508 e. The van der Waals surface area contributed by atoms with E-state index in [-0.39, 0.29) is 37.5 Å². The average molecular weight is 668 g/mol. The Kier molecular flexibility index (Phi) is 14.4. The summed E-state index contributed by atoms with van der Waals surface area (Å²) < 4.78 is 12.8. The van der Waals surface area contributed by atoms with E-state index in [0.29, 0.717) is 5.56 Å². The molecule has 13 N–H and O–H groups in total. The second-order valence-corrected chi connectivity index (χ2v) is 11.7. The minimum atomic E-state index is -2.14. The number of nitrogens with zero attached hydrogens (tertiary/aromatic N) is 1. The lowest BCUT2D eigenvalue weighted by molar-refractivity contribution is -0.141. The van der Waals surface area contributed by atoms with Crippen LogP contribution in [0.15, 0.2) is 29.3 Å². The summed E-state index contributed by atoms with van der Waals surface area (Å²) in [5.41, 5.74) is 16.5. The smallest absolute Gasteiger partial charge is 0.305 e. The van der Waals surface area contributed by atoms with Crippen LogP contribution < -0.4 is 43.8 Å². The standard InChI is InChI=1S/C26H37N9O10S/c27-22(41)18-11-46(45)12-20(38)33-16(8-13-3-5-14(36)6-4-13)24(43)34-15(2-1-7-30-26(28)29)23(42)31-10-19(37)32-17(9-21(39)40)25(44)35-18/h3-6,15-18,36H,1-2,7-12H2,(H2,27,41)(H,31,42)(H,32,37)(H,33,38)(H,34,43)(H,35,44)(H,39,40)(H4,28,29,30)/t15-,16-,17-,18-,46?/m0/s1. The Morgan fingerprint density at radius 3 is 2.11 bits per heavy atom. The Balaban J connectivity index is 2.42. The van der Waals surface area contributed by atoms with Gasteiger partial charge in [-0.1, -0.05) is 12.1 Å². The number of hydrogen-bond donors (Lipinski definition) is 10. The van der Waals surface area contributed by atoms with Gasteiger partial charge in [-0.15, -0.1) is 0 Å². The van der Waals surface area contributed by atoms with E-state index >= 15 is 0 Å². The molecule has 19 nitrogen and oxygen atoms in total. The highest BCUT2D eigenvalue weighted by Crippen LogP contribution is 2.12. The second-order valence-electron chi connectivity index (χ2n) is 10.2. The summed E-state index contributed by atoms with van der Waals surface area (Å²) in [6, 6.07) is -0.254. The summed E-state index contributed by atoms with van der Waals surface area (Å²) in [5.74, 6) is -8.99. The predicted octanol–water partition coefficient (Wildman–Crippen LogP) is -5.23. The molecule has 20 heteroatoms.